The van der Waals surface area contributed by atoms with Crippen LogP contribution in [0.1, 0.15) is 0 Å². The third-order valence-electron chi connectivity index (χ3n) is 2.27. The van der Waals surface area contributed by atoms with E-state index in [9.17, 15) is 8.42 Å². The van der Waals surface area contributed by atoms with E-state index >= 15 is 0 Å². The largest absolute Gasteiger partial charge is 0.224 e. The van der Waals surface area contributed by atoms with Gasteiger partial charge in [-0.25, -0.2) is 8.42 Å². The van der Waals surface area contributed by atoms with Gasteiger partial charge in [0.1, 0.15) is 0 Å². The Morgan fingerprint density at radius 2 is 1.24 bits per heavy atom. The minimum atomic E-state index is -2.82. The van der Waals surface area contributed by atoms with Gasteiger partial charge < -0.3 is 0 Å². The van der Waals surface area contributed by atoms with Crippen molar-refractivity contribution in [3.8, 4) is 0 Å². The molecule has 2 aliphatic carbocycles. The maximum Gasteiger partial charge on any atom is 0.175 e. The third-order valence-corrected chi connectivity index (χ3v) is 3.62. The van der Waals surface area contributed by atoms with Crippen LogP contribution in [0.5, 0.6) is 0 Å². The molecule has 2 nitrogen and oxygen atoms in total. The first-order valence-corrected chi connectivity index (χ1v) is 6.71. The van der Waals surface area contributed by atoms with Crippen molar-refractivity contribution in [3.63, 3.8) is 0 Å². The van der Waals surface area contributed by atoms with E-state index in [2.05, 4.69) is 0 Å². The smallest absolute Gasteiger partial charge is 0.175 e. The van der Waals surface area contributed by atoms with Gasteiger partial charge in [-0.3, -0.25) is 0 Å². The van der Waals surface area contributed by atoms with Crippen molar-refractivity contribution in [2.75, 3.05) is 5.75 Å². The second kappa shape index (κ2) is 6.96. The first-order chi connectivity index (χ1) is 7.67. The summed E-state index contributed by atoms with van der Waals surface area (Å²) in [6, 6.07) is 0. The minimum absolute atomic E-state index is 0. The van der Waals surface area contributed by atoms with Crippen molar-refractivity contribution in [1.82, 2.24) is 0 Å². The van der Waals surface area contributed by atoms with Crippen LogP contribution in [0.15, 0.2) is 11.0 Å². The first kappa shape index (κ1) is 15.3. The van der Waals surface area contributed by atoms with Gasteiger partial charge in [0.05, 0.1) is 5.75 Å². The van der Waals surface area contributed by atoms with Gasteiger partial charge in [-0.05, 0) is 63.4 Å². The van der Waals surface area contributed by atoms with Crippen molar-refractivity contribution in [1.29, 1.82) is 0 Å². The van der Waals surface area contributed by atoms with Gasteiger partial charge in [-0.15, -0.1) is 0 Å². The van der Waals surface area contributed by atoms with Crippen LogP contribution >= 0.6 is 0 Å². The molecule has 1 aliphatic heterocycles. The molecule has 0 aromatic heterocycles. The Morgan fingerprint density at radius 3 is 1.59 bits per heavy atom. The van der Waals surface area contributed by atoms with Gasteiger partial charge in [0, 0.05) is 28.4 Å². The molecule has 0 aromatic carbocycles. The molecular formula is C13H12FeO2S. The summed E-state index contributed by atoms with van der Waals surface area (Å²) in [5.41, 5.74) is 0.926. The maximum absolute atomic E-state index is 10.7. The average Bonchev–Trinajstić information content (AvgIpc) is 2.90. The summed E-state index contributed by atoms with van der Waals surface area (Å²) < 4.78 is 21.4. The molecule has 10 radical (unpaired) electrons. The van der Waals surface area contributed by atoms with E-state index in [1.165, 1.54) is 5.41 Å². The van der Waals surface area contributed by atoms with Crippen molar-refractivity contribution < 1.29 is 25.5 Å². The molecule has 0 saturated heterocycles. The molecule has 0 amide bonds. The zero-order valence-electron chi connectivity index (χ0n) is 9.06. The molecule has 0 unspecified atom stereocenters. The molecule has 2 saturated carbocycles. The Kier molecular flexibility index (Phi) is 6.25. The number of sulfone groups is 1. The molecule has 2 fully saturated rings. The van der Waals surface area contributed by atoms with E-state index in [0.29, 0.717) is 0 Å². The molecule has 3 aliphatic rings. The summed E-state index contributed by atoms with van der Waals surface area (Å²) in [5.74, 6) is 1.23. The van der Waals surface area contributed by atoms with Gasteiger partial charge in [0.25, 0.3) is 0 Å². The fourth-order valence-corrected chi connectivity index (χ4v) is 2.59. The Bertz CT molecular complexity index is 342. The van der Waals surface area contributed by atoms with E-state index in [0.717, 1.165) is 11.5 Å². The zero-order valence-corrected chi connectivity index (χ0v) is 11.0. The van der Waals surface area contributed by atoms with Crippen molar-refractivity contribution in [2.24, 2.45) is 0 Å². The van der Waals surface area contributed by atoms with Gasteiger partial charge in [-0.1, -0.05) is 0 Å². The van der Waals surface area contributed by atoms with E-state index in [1.807, 2.05) is 57.8 Å². The molecule has 1 heterocycles. The Hall–Kier alpha value is 0.209. The predicted octanol–water partition coefficient (Wildman–Crippen LogP) is 1.72. The number of rotatable bonds is 1. The molecule has 4 heteroatoms. The summed E-state index contributed by atoms with van der Waals surface area (Å²) in [4.78, 5) is 0. The fraction of sp³-hybridized carbons (Fsp3) is 0.0769. The molecule has 0 bridgehead atoms. The van der Waals surface area contributed by atoms with E-state index in [-0.39, 0.29) is 22.8 Å². The standard InChI is InChI=1S/C8H7O2S.C5H5.Fe/c9-11(10)5-8(6-11)7-3-1-2-4-7;1-2-4-5-3-1;/h1-5H,6H2;1-5H;. The topological polar surface area (TPSA) is 34.1 Å². The predicted molar refractivity (Wildman–Crippen MR) is 63.8 cm³/mol. The Labute approximate surface area is 116 Å². The van der Waals surface area contributed by atoms with Crippen LogP contribution in [0.3, 0.4) is 0 Å². The molecule has 0 aromatic rings. The summed E-state index contributed by atoms with van der Waals surface area (Å²) in [7, 11) is -2.82. The van der Waals surface area contributed by atoms with E-state index in [1.54, 1.807) is 0 Å². The van der Waals surface area contributed by atoms with Crippen LogP contribution in [-0.4, -0.2) is 14.2 Å². The Balaban J connectivity index is 0.000000205. The number of hydrogen-bond donors (Lipinski definition) is 0. The van der Waals surface area contributed by atoms with Gasteiger partial charge >= 0.3 is 0 Å². The minimum Gasteiger partial charge on any atom is -0.224 e. The van der Waals surface area contributed by atoms with Gasteiger partial charge in [-0.2, -0.15) is 0 Å². The van der Waals surface area contributed by atoms with Crippen LogP contribution in [0.25, 0.3) is 0 Å². The van der Waals surface area contributed by atoms with Crippen molar-refractivity contribution in [3.05, 3.63) is 74.7 Å². The fourth-order valence-electron chi connectivity index (χ4n) is 1.47. The Morgan fingerprint density at radius 1 is 0.824 bits per heavy atom. The molecule has 0 N–H and O–H groups in total. The molecule has 3 rings (SSSR count). The molecular weight excluding hydrogens is 276 g/mol. The molecule has 17 heavy (non-hydrogen) atoms. The van der Waals surface area contributed by atoms with Crippen molar-refractivity contribution in [2.45, 2.75) is 0 Å². The zero-order chi connectivity index (χ0) is 11.4. The average molecular weight is 288 g/mol. The van der Waals surface area contributed by atoms with Crippen LogP contribution in [-0.2, 0) is 26.9 Å². The maximum atomic E-state index is 10.7. The van der Waals surface area contributed by atoms with E-state index < -0.39 is 9.84 Å². The molecule has 90 valence electrons. The van der Waals surface area contributed by atoms with Gasteiger partial charge in [0.15, 0.2) is 9.84 Å². The summed E-state index contributed by atoms with van der Waals surface area (Å²) in [6.07, 6.45) is 17.6. The first-order valence-electron chi connectivity index (χ1n) is 4.99. The van der Waals surface area contributed by atoms with E-state index in [4.69, 9.17) is 0 Å². The van der Waals surface area contributed by atoms with Crippen LogP contribution in [0.2, 0.25) is 0 Å². The second-order valence-corrected chi connectivity index (χ2v) is 5.44. The van der Waals surface area contributed by atoms with Crippen LogP contribution < -0.4 is 0 Å². The summed E-state index contributed by atoms with van der Waals surface area (Å²) >= 11 is 0. The summed E-state index contributed by atoms with van der Waals surface area (Å²) in [6.45, 7) is 0. The monoisotopic (exact) mass is 288 g/mol. The second-order valence-electron chi connectivity index (χ2n) is 3.59. The van der Waals surface area contributed by atoms with Crippen molar-refractivity contribution >= 4 is 9.84 Å². The quantitative estimate of drug-likeness (QED) is 0.689. The van der Waals surface area contributed by atoms with Crippen LogP contribution in [0.4, 0.5) is 0 Å². The third kappa shape index (κ3) is 4.76. The van der Waals surface area contributed by atoms with Crippen LogP contribution in [0, 0.1) is 63.7 Å². The number of hydrogen-bond acceptors (Lipinski definition) is 2. The molecule has 0 atom stereocenters. The SMILES string of the molecule is O=S1(=O)C=C([C]2[CH][CH][CH][CH]2)C1.[CH]1[CH][CH][CH][CH]1.[Fe]. The normalized spacial score (nSPS) is 26.2. The van der Waals surface area contributed by atoms with Gasteiger partial charge in [0.2, 0.25) is 0 Å². The summed E-state index contributed by atoms with van der Waals surface area (Å²) in [5, 5.41) is 1.34. The molecule has 0 spiro atoms.